The molecule has 0 unspecified atom stereocenters. The smallest absolute Gasteiger partial charge is 0.212 e. The van der Waals surface area contributed by atoms with Crippen molar-refractivity contribution in [1.82, 2.24) is 19.8 Å². The third-order valence-corrected chi connectivity index (χ3v) is 6.19. The minimum absolute atomic E-state index is 0.00364. The van der Waals surface area contributed by atoms with Gasteiger partial charge in [0.15, 0.2) is 11.4 Å². The van der Waals surface area contributed by atoms with Gasteiger partial charge >= 0.3 is 0 Å². The molecule has 3 aromatic carbocycles. The zero-order valence-electron chi connectivity index (χ0n) is 16.9. The Balaban J connectivity index is 1.36. The number of hydrogen-bond donors (Lipinski definition) is 0. The summed E-state index contributed by atoms with van der Waals surface area (Å²) in [6, 6.07) is 29.2. The van der Waals surface area contributed by atoms with Gasteiger partial charge in [0.25, 0.3) is 0 Å². The van der Waals surface area contributed by atoms with Crippen LogP contribution in [0.2, 0.25) is 5.02 Å². The summed E-state index contributed by atoms with van der Waals surface area (Å²) in [5.74, 6) is 0.233. The molecule has 0 fully saturated rings. The van der Waals surface area contributed by atoms with Crippen molar-refractivity contribution in [3.05, 3.63) is 102 Å². The number of halogens is 1. The second-order valence-electron chi connectivity index (χ2n) is 7.13. The largest absolute Gasteiger partial charge is 0.293 e. The summed E-state index contributed by atoms with van der Waals surface area (Å²) in [5.41, 5.74) is 5.37. The molecule has 0 saturated carbocycles. The van der Waals surface area contributed by atoms with Crippen LogP contribution >= 0.6 is 23.4 Å². The van der Waals surface area contributed by atoms with E-state index < -0.39 is 0 Å². The van der Waals surface area contributed by atoms with Crippen molar-refractivity contribution in [2.45, 2.75) is 5.16 Å². The monoisotopic (exact) mass is 456 g/mol. The van der Waals surface area contributed by atoms with Gasteiger partial charge in [-0.1, -0.05) is 78.0 Å². The predicted octanol–water partition coefficient (Wildman–Crippen LogP) is 6.09. The number of Topliss-reactive ketones (excluding diaryl/α,β-unsaturated/α-hetero) is 1. The maximum absolute atomic E-state index is 12.5. The van der Waals surface area contributed by atoms with Crippen molar-refractivity contribution in [2.24, 2.45) is 0 Å². The first-order valence-corrected chi connectivity index (χ1v) is 11.3. The van der Waals surface area contributed by atoms with Crippen LogP contribution in [-0.2, 0) is 0 Å². The highest BCUT2D eigenvalue weighted by atomic mass is 35.5. The topological polar surface area (TPSA) is 60.2 Å². The summed E-state index contributed by atoms with van der Waals surface area (Å²) < 4.78 is 1.68. The highest BCUT2D eigenvalue weighted by Gasteiger charge is 2.13. The maximum atomic E-state index is 12.5. The van der Waals surface area contributed by atoms with E-state index in [1.165, 1.54) is 17.3 Å². The van der Waals surface area contributed by atoms with Gasteiger partial charge in [-0.15, -0.1) is 10.2 Å². The van der Waals surface area contributed by atoms with Crippen molar-refractivity contribution < 1.29 is 4.79 Å². The van der Waals surface area contributed by atoms with Gasteiger partial charge in [0.1, 0.15) is 0 Å². The average molecular weight is 457 g/mol. The van der Waals surface area contributed by atoms with Gasteiger partial charge in [0.05, 0.1) is 11.4 Å². The van der Waals surface area contributed by atoms with E-state index in [0.717, 1.165) is 16.8 Å². The molecule has 0 saturated heterocycles. The number of carbonyl (C=O) groups is 1. The molecule has 0 radical (unpaired) electrons. The molecular formula is C25H17ClN4OS. The van der Waals surface area contributed by atoms with E-state index in [0.29, 0.717) is 21.4 Å². The van der Waals surface area contributed by atoms with E-state index in [9.17, 15) is 4.79 Å². The SMILES string of the molecule is O=C(CSc1nnc2ccc(-c3ccc(-c4ccccc4)cc3)nn12)c1ccc(Cl)cc1. The van der Waals surface area contributed by atoms with Crippen LogP contribution in [0.3, 0.4) is 0 Å². The number of thioether (sulfide) groups is 1. The summed E-state index contributed by atoms with van der Waals surface area (Å²) in [4.78, 5) is 12.5. The molecule has 0 amide bonds. The predicted molar refractivity (Wildman–Crippen MR) is 128 cm³/mol. The van der Waals surface area contributed by atoms with Crippen LogP contribution in [0, 0.1) is 0 Å². The third kappa shape index (κ3) is 4.28. The van der Waals surface area contributed by atoms with Gasteiger partial charge in [0.2, 0.25) is 5.16 Å². The summed E-state index contributed by atoms with van der Waals surface area (Å²) in [6.45, 7) is 0. The molecule has 0 N–H and O–H groups in total. The van der Waals surface area contributed by atoms with Gasteiger partial charge in [0, 0.05) is 16.1 Å². The first-order chi connectivity index (χ1) is 15.7. The maximum Gasteiger partial charge on any atom is 0.212 e. The van der Waals surface area contributed by atoms with Crippen LogP contribution in [0.4, 0.5) is 0 Å². The third-order valence-electron chi connectivity index (χ3n) is 5.02. The lowest BCUT2D eigenvalue weighted by Crippen LogP contribution is -2.03. The molecule has 0 aliphatic heterocycles. The van der Waals surface area contributed by atoms with Crippen molar-refractivity contribution in [2.75, 3.05) is 5.75 Å². The molecule has 5 rings (SSSR count). The average Bonchev–Trinajstić information content (AvgIpc) is 3.26. The van der Waals surface area contributed by atoms with E-state index >= 15 is 0 Å². The van der Waals surface area contributed by atoms with Gasteiger partial charge in [-0.2, -0.15) is 9.61 Å². The van der Waals surface area contributed by atoms with Crippen LogP contribution in [0.15, 0.2) is 96.2 Å². The lowest BCUT2D eigenvalue weighted by atomic mass is 10.0. The lowest BCUT2D eigenvalue weighted by Gasteiger charge is -2.05. The van der Waals surface area contributed by atoms with Crippen molar-refractivity contribution in [1.29, 1.82) is 0 Å². The van der Waals surface area contributed by atoms with Crippen LogP contribution < -0.4 is 0 Å². The van der Waals surface area contributed by atoms with E-state index in [-0.39, 0.29) is 11.5 Å². The van der Waals surface area contributed by atoms with Crippen LogP contribution in [0.25, 0.3) is 28.0 Å². The first-order valence-electron chi connectivity index (χ1n) is 9.97. The van der Waals surface area contributed by atoms with Crippen molar-refractivity contribution in [3.8, 4) is 22.4 Å². The number of rotatable bonds is 6. The fourth-order valence-electron chi connectivity index (χ4n) is 3.33. The molecule has 0 aliphatic rings. The first kappa shape index (κ1) is 20.4. The zero-order valence-corrected chi connectivity index (χ0v) is 18.4. The van der Waals surface area contributed by atoms with E-state index in [1.54, 1.807) is 28.8 Å². The Kier molecular flexibility index (Phi) is 5.71. The second-order valence-corrected chi connectivity index (χ2v) is 8.51. The molecule has 0 aliphatic carbocycles. The normalized spacial score (nSPS) is 11.0. The summed E-state index contributed by atoms with van der Waals surface area (Å²) in [6.07, 6.45) is 0. The van der Waals surface area contributed by atoms with Gasteiger partial charge < -0.3 is 0 Å². The number of ketones is 1. The van der Waals surface area contributed by atoms with E-state index in [4.69, 9.17) is 16.7 Å². The summed E-state index contributed by atoms with van der Waals surface area (Å²) in [5, 5.41) is 14.3. The Hall–Kier alpha value is -3.48. The number of fused-ring (bicyclic) bond motifs is 1. The van der Waals surface area contributed by atoms with Crippen LogP contribution in [0.1, 0.15) is 10.4 Å². The van der Waals surface area contributed by atoms with Gasteiger partial charge in [-0.25, -0.2) is 0 Å². The molecule has 2 aromatic heterocycles. The fourth-order valence-corrected chi connectivity index (χ4v) is 4.23. The molecule has 0 spiro atoms. The van der Waals surface area contributed by atoms with E-state index in [2.05, 4.69) is 46.6 Å². The Morgan fingerprint density at radius 2 is 1.47 bits per heavy atom. The zero-order chi connectivity index (χ0) is 21.9. The molecule has 5 aromatic rings. The Morgan fingerprint density at radius 1 is 0.781 bits per heavy atom. The molecule has 2 heterocycles. The lowest BCUT2D eigenvalue weighted by molar-refractivity contribution is 0.102. The van der Waals surface area contributed by atoms with Gasteiger partial charge in [-0.05, 0) is 47.5 Å². The fraction of sp³-hybridized carbons (Fsp3) is 0.0400. The molecule has 5 nitrogen and oxygen atoms in total. The number of benzene rings is 3. The molecule has 0 atom stereocenters. The molecule has 7 heteroatoms. The Bertz CT molecular complexity index is 1380. The number of nitrogens with zero attached hydrogens (tertiary/aromatic N) is 4. The summed E-state index contributed by atoms with van der Waals surface area (Å²) in [7, 11) is 0. The van der Waals surface area contributed by atoms with E-state index in [1.807, 2.05) is 30.3 Å². The van der Waals surface area contributed by atoms with Crippen LogP contribution in [0.5, 0.6) is 0 Å². The number of aromatic nitrogens is 4. The molecular weight excluding hydrogens is 440 g/mol. The second kappa shape index (κ2) is 8.94. The highest BCUT2D eigenvalue weighted by Crippen LogP contribution is 2.25. The highest BCUT2D eigenvalue weighted by molar-refractivity contribution is 7.99. The Morgan fingerprint density at radius 3 is 2.22 bits per heavy atom. The standard InChI is InChI=1S/C25H17ClN4OS/c26-21-12-10-20(11-13-21)23(31)16-32-25-28-27-24-15-14-22(29-30(24)25)19-8-6-18(7-9-19)17-4-2-1-3-5-17/h1-15H,16H2. The minimum Gasteiger partial charge on any atom is -0.293 e. The van der Waals surface area contributed by atoms with Crippen LogP contribution in [-0.4, -0.2) is 31.3 Å². The number of carbonyl (C=O) groups excluding carboxylic acids is 1. The minimum atomic E-state index is -0.00364. The van der Waals surface area contributed by atoms with Gasteiger partial charge in [-0.3, -0.25) is 4.79 Å². The molecule has 32 heavy (non-hydrogen) atoms. The quantitative estimate of drug-likeness (QED) is 0.228. The number of hydrogen-bond acceptors (Lipinski definition) is 5. The molecule has 0 bridgehead atoms. The molecule has 156 valence electrons. The summed E-state index contributed by atoms with van der Waals surface area (Å²) >= 11 is 7.21. The van der Waals surface area contributed by atoms with Crippen molar-refractivity contribution in [3.63, 3.8) is 0 Å². The van der Waals surface area contributed by atoms with Crippen molar-refractivity contribution >= 4 is 34.8 Å². The Labute approximate surface area is 194 Å².